The largest absolute Gasteiger partial charge is 0.292 e. The molecule has 2 rings (SSSR count). The molecular weight excluding hydrogens is 206 g/mol. The second-order valence-electron chi connectivity index (χ2n) is 5.52. The van der Waals surface area contributed by atoms with Gasteiger partial charge in [0.25, 0.3) is 0 Å². The fourth-order valence-corrected chi connectivity index (χ4v) is 1.76. The minimum atomic E-state index is 0.164. The summed E-state index contributed by atoms with van der Waals surface area (Å²) in [6.45, 7) is 7.26. The molecule has 0 aliphatic carbocycles. The van der Waals surface area contributed by atoms with Crippen LogP contribution in [0.4, 0.5) is 0 Å². The lowest BCUT2D eigenvalue weighted by Crippen LogP contribution is -2.06. The van der Waals surface area contributed by atoms with E-state index in [-0.39, 0.29) is 5.41 Å². The van der Waals surface area contributed by atoms with Gasteiger partial charge in [0.15, 0.2) is 0 Å². The van der Waals surface area contributed by atoms with Crippen molar-refractivity contribution in [2.75, 3.05) is 0 Å². The van der Waals surface area contributed by atoms with Gasteiger partial charge in [0.05, 0.1) is 6.54 Å². The van der Waals surface area contributed by atoms with E-state index in [4.69, 9.17) is 0 Å². The highest BCUT2D eigenvalue weighted by Crippen LogP contribution is 2.16. The maximum absolute atomic E-state index is 4.49. The molecule has 0 unspecified atom stereocenters. The zero-order chi connectivity index (χ0) is 12.3. The van der Waals surface area contributed by atoms with Crippen molar-refractivity contribution in [2.45, 2.75) is 27.3 Å². The van der Waals surface area contributed by atoms with Crippen molar-refractivity contribution in [3.63, 3.8) is 0 Å². The molecular formula is C16H19N. The van der Waals surface area contributed by atoms with Gasteiger partial charge in [-0.2, -0.15) is 0 Å². The molecule has 0 aliphatic heterocycles. The van der Waals surface area contributed by atoms with Gasteiger partial charge in [0.2, 0.25) is 0 Å². The van der Waals surface area contributed by atoms with Crippen LogP contribution in [-0.4, -0.2) is 6.21 Å². The summed E-state index contributed by atoms with van der Waals surface area (Å²) < 4.78 is 0. The first-order valence-corrected chi connectivity index (χ1v) is 6.03. The molecule has 0 spiro atoms. The first-order valence-electron chi connectivity index (χ1n) is 6.03. The van der Waals surface area contributed by atoms with Crippen molar-refractivity contribution in [1.29, 1.82) is 0 Å². The molecule has 2 aromatic rings. The van der Waals surface area contributed by atoms with Gasteiger partial charge in [-0.15, -0.1) is 0 Å². The van der Waals surface area contributed by atoms with E-state index < -0.39 is 0 Å². The number of nitrogens with zero attached hydrogens (tertiary/aromatic N) is 1. The van der Waals surface area contributed by atoms with Crippen molar-refractivity contribution in [3.8, 4) is 0 Å². The van der Waals surface area contributed by atoms with Gasteiger partial charge in [-0.25, -0.2) is 0 Å². The third kappa shape index (κ3) is 3.42. The summed E-state index contributed by atoms with van der Waals surface area (Å²) in [7, 11) is 0. The van der Waals surface area contributed by atoms with Gasteiger partial charge in [0, 0.05) is 6.21 Å². The maximum Gasteiger partial charge on any atom is 0.0636 e. The van der Waals surface area contributed by atoms with Crippen LogP contribution in [0.1, 0.15) is 26.3 Å². The van der Waals surface area contributed by atoms with Crippen molar-refractivity contribution in [1.82, 2.24) is 0 Å². The normalized spacial score (nSPS) is 12.4. The SMILES string of the molecule is CC(C)(C)/C=N/Cc1ccc2ccccc2c1. The lowest BCUT2D eigenvalue weighted by molar-refractivity contribution is 0.604. The van der Waals surface area contributed by atoms with Gasteiger partial charge in [-0.05, 0) is 27.8 Å². The molecule has 0 amide bonds. The minimum Gasteiger partial charge on any atom is -0.292 e. The highest BCUT2D eigenvalue weighted by molar-refractivity contribution is 5.83. The summed E-state index contributed by atoms with van der Waals surface area (Å²) in [6.07, 6.45) is 2.03. The van der Waals surface area contributed by atoms with Gasteiger partial charge in [-0.3, -0.25) is 4.99 Å². The molecule has 0 fully saturated rings. The van der Waals surface area contributed by atoms with Crippen LogP contribution >= 0.6 is 0 Å². The van der Waals surface area contributed by atoms with Crippen LogP contribution in [0.2, 0.25) is 0 Å². The molecule has 0 aliphatic rings. The van der Waals surface area contributed by atoms with Crippen LogP contribution < -0.4 is 0 Å². The molecule has 88 valence electrons. The van der Waals surface area contributed by atoms with Crippen LogP contribution in [0.25, 0.3) is 10.8 Å². The molecule has 0 saturated heterocycles. The number of aliphatic imine (C=N–C) groups is 1. The second kappa shape index (κ2) is 4.70. The van der Waals surface area contributed by atoms with E-state index in [9.17, 15) is 0 Å². The highest BCUT2D eigenvalue weighted by atomic mass is 14.7. The fourth-order valence-electron chi connectivity index (χ4n) is 1.76. The van der Waals surface area contributed by atoms with Gasteiger partial charge >= 0.3 is 0 Å². The monoisotopic (exact) mass is 225 g/mol. The Bertz CT molecular complexity index is 532. The Hall–Kier alpha value is -1.63. The van der Waals surface area contributed by atoms with Crippen LogP contribution in [0.5, 0.6) is 0 Å². The first-order chi connectivity index (χ1) is 8.04. The molecule has 0 atom stereocenters. The van der Waals surface area contributed by atoms with Crippen molar-refractivity contribution in [2.24, 2.45) is 10.4 Å². The molecule has 17 heavy (non-hydrogen) atoms. The van der Waals surface area contributed by atoms with Crippen molar-refractivity contribution >= 4 is 17.0 Å². The highest BCUT2D eigenvalue weighted by Gasteiger charge is 2.04. The lowest BCUT2D eigenvalue weighted by atomic mass is 9.99. The predicted octanol–water partition coefficient (Wildman–Crippen LogP) is 4.46. The van der Waals surface area contributed by atoms with Crippen LogP contribution in [-0.2, 0) is 6.54 Å². The zero-order valence-electron chi connectivity index (χ0n) is 10.8. The molecule has 0 N–H and O–H groups in total. The number of rotatable bonds is 2. The van der Waals surface area contributed by atoms with E-state index in [0.29, 0.717) is 0 Å². The van der Waals surface area contributed by atoms with Gasteiger partial charge in [0.1, 0.15) is 0 Å². The number of hydrogen-bond acceptors (Lipinski definition) is 1. The Morgan fingerprint density at radius 1 is 1.00 bits per heavy atom. The Balaban J connectivity index is 2.17. The first kappa shape index (κ1) is 11.8. The number of benzene rings is 2. The molecule has 2 aromatic carbocycles. The summed E-state index contributed by atoms with van der Waals surface area (Å²) >= 11 is 0. The van der Waals surface area contributed by atoms with Crippen LogP contribution in [0.15, 0.2) is 47.5 Å². The summed E-state index contributed by atoms with van der Waals surface area (Å²) in [6, 6.07) is 15.0. The third-order valence-electron chi connectivity index (χ3n) is 2.57. The van der Waals surface area contributed by atoms with Gasteiger partial charge in [-0.1, -0.05) is 57.2 Å². The summed E-state index contributed by atoms with van der Waals surface area (Å²) in [4.78, 5) is 4.49. The van der Waals surface area contributed by atoms with Crippen LogP contribution in [0, 0.1) is 5.41 Å². The smallest absolute Gasteiger partial charge is 0.0636 e. The summed E-state index contributed by atoms with van der Waals surface area (Å²) in [5.74, 6) is 0. The van der Waals surface area contributed by atoms with Crippen LogP contribution in [0.3, 0.4) is 0 Å². The Morgan fingerprint density at radius 2 is 1.71 bits per heavy atom. The standard InChI is InChI=1S/C16H19N/c1-16(2,3)12-17-11-13-8-9-14-6-4-5-7-15(14)10-13/h4-10,12H,11H2,1-3H3/b17-12+. The zero-order valence-corrected chi connectivity index (χ0v) is 10.8. The molecule has 1 nitrogen and oxygen atoms in total. The van der Waals surface area contributed by atoms with E-state index in [0.717, 1.165) is 6.54 Å². The predicted molar refractivity (Wildman–Crippen MR) is 75.6 cm³/mol. The molecule has 1 heteroatoms. The minimum absolute atomic E-state index is 0.164. The Kier molecular flexibility index (Phi) is 3.28. The molecule has 0 saturated carbocycles. The topological polar surface area (TPSA) is 12.4 Å². The van der Waals surface area contributed by atoms with E-state index >= 15 is 0 Å². The quantitative estimate of drug-likeness (QED) is 0.669. The average molecular weight is 225 g/mol. The maximum atomic E-state index is 4.49. The second-order valence-corrected chi connectivity index (χ2v) is 5.52. The van der Waals surface area contributed by atoms with E-state index in [1.54, 1.807) is 0 Å². The molecule has 0 bridgehead atoms. The molecule has 0 radical (unpaired) electrons. The van der Waals surface area contributed by atoms with E-state index in [2.05, 4.69) is 68.2 Å². The summed E-state index contributed by atoms with van der Waals surface area (Å²) in [5, 5.41) is 2.58. The van der Waals surface area contributed by atoms with Crippen molar-refractivity contribution < 1.29 is 0 Å². The lowest BCUT2D eigenvalue weighted by Gasteiger charge is -2.10. The number of fused-ring (bicyclic) bond motifs is 1. The van der Waals surface area contributed by atoms with E-state index in [1.807, 2.05) is 6.21 Å². The molecule has 0 heterocycles. The Labute approximate surface area is 103 Å². The fraction of sp³-hybridized carbons (Fsp3) is 0.312. The molecule has 0 aromatic heterocycles. The van der Waals surface area contributed by atoms with Crippen molar-refractivity contribution in [3.05, 3.63) is 48.0 Å². The van der Waals surface area contributed by atoms with Gasteiger partial charge < -0.3 is 0 Å². The third-order valence-corrected chi connectivity index (χ3v) is 2.57. The Morgan fingerprint density at radius 3 is 2.41 bits per heavy atom. The summed E-state index contributed by atoms with van der Waals surface area (Å²) in [5.41, 5.74) is 1.43. The number of hydrogen-bond donors (Lipinski definition) is 0. The van der Waals surface area contributed by atoms with E-state index in [1.165, 1.54) is 16.3 Å². The average Bonchev–Trinajstić information content (AvgIpc) is 2.27.